The van der Waals surface area contributed by atoms with Crippen LogP contribution in [0.1, 0.15) is 31.0 Å². The van der Waals surface area contributed by atoms with Crippen LogP contribution in [0.3, 0.4) is 0 Å². The van der Waals surface area contributed by atoms with Gasteiger partial charge in [-0.2, -0.15) is 0 Å². The first kappa shape index (κ1) is 20.1. The summed E-state index contributed by atoms with van der Waals surface area (Å²) in [5, 5.41) is 2.84. The molecular weight excluding hydrogens is 376 g/mol. The van der Waals surface area contributed by atoms with Crippen LogP contribution in [0.25, 0.3) is 0 Å². The van der Waals surface area contributed by atoms with Gasteiger partial charge in [-0.1, -0.05) is 36.4 Å². The van der Waals surface area contributed by atoms with Crippen molar-refractivity contribution in [3.63, 3.8) is 0 Å². The molecule has 1 aliphatic carbocycles. The lowest BCUT2D eigenvalue weighted by Gasteiger charge is -2.23. The van der Waals surface area contributed by atoms with Crippen LogP contribution >= 0.6 is 0 Å². The number of benzene rings is 1. The SMILES string of the molecule is C=CCn1c(CN(C(=O)NCC)C2CC2)cnc1S(=O)(=O)Cc1ccccc1. The van der Waals surface area contributed by atoms with Crippen molar-refractivity contribution < 1.29 is 13.2 Å². The van der Waals surface area contributed by atoms with E-state index in [4.69, 9.17) is 0 Å². The predicted octanol–water partition coefficient (Wildman–Crippen LogP) is 2.74. The largest absolute Gasteiger partial charge is 0.338 e. The van der Waals surface area contributed by atoms with Crippen molar-refractivity contribution in [1.82, 2.24) is 19.8 Å². The summed E-state index contributed by atoms with van der Waals surface area (Å²) in [6, 6.07) is 9.10. The highest BCUT2D eigenvalue weighted by atomic mass is 32.2. The fourth-order valence-electron chi connectivity index (χ4n) is 3.13. The van der Waals surface area contributed by atoms with Gasteiger partial charge in [0.05, 0.1) is 24.2 Å². The molecule has 1 heterocycles. The van der Waals surface area contributed by atoms with Crippen LogP contribution in [0, 0.1) is 0 Å². The number of hydrogen-bond acceptors (Lipinski definition) is 4. The average molecular weight is 403 g/mol. The lowest BCUT2D eigenvalue weighted by atomic mass is 10.2. The number of allylic oxidation sites excluding steroid dienone is 1. The molecule has 0 aliphatic heterocycles. The molecule has 7 nitrogen and oxygen atoms in total. The summed E-state index contributed by atoms with van der Waals surface area (Å²) in [4.78, 5) is 18.4. The fourth-order valence-corrected chi connectivity index (χ4v) is 4.63. The summed E-state index contributed by atoms with van der Waals surface area (Å²) in [6.07, 6.45) is 5.12. The van der Waals surface area contributed by atoms with Crippen molar-refractivity contribution in [1.29, 1.82) is 0 Å². The lowest BCUT2D eigenvalue weighted by molar-refractivity contribution is 0.191. The van der Waals surface area contributed by atoms with Crippen LogP contribution in [0.2, 0.25) is 0 Å². The van der Waals surface area contributed by atoms with E-state index in [2.05, 4.69) is 16.9 Å². The van der Waals surface area contributed by atoms with Gasteiger partial charge in [0.1, 0.15) is 0 Å². The van der Waals surface area contributed by atoms with Crippen LogP contribution in [0.5, 0.6) is 0 Å². The third-order valence-corrected chi connectivity index (χ3v) is 6.20. The molecule has 2 amide bonds. The first-order valence-electron chi connectivity index (χ1n) is 9.42. The Kier molecular flexibility index (Phi) is 6.18. The molecule has 8 heteroatoms. The van der Waals surface area contributed by atoms with Crippen molar-refractivity contribution in [3.8, 4) is 0 Å². The van der Waals surface area contributed by atoms with Gasteiger partial charge in [0.2, 0.25) is 15.0 Å². The molecule has 1 aliphatic rings. The monoisotopic (exact) mass is 402 g/mol. The summed E-state index contributed by atoms with van der Waals surface area (Å²) >= 11 is 0. The second-order valence-electron chi connectivity index (χ2n) is 6.87. The maximum absolute atomic E-state index is 13.0. The van der Waals surface area contributed by atoms with Gasteiger partial charge >= 0.3 is 6.03 Å². The number of hydrogen-bond donors (Lipinski definition) is 1. The number of rotatable bonds is 9. The number of imidazole rings is 1. The molecule has 1 aromatic heterocycles. The quantitative estimate of drug-likeness (QED) is 0.654. The number of sulfone groups is 1. The first-order valence-corrected chi connectivity index (χ1v) is 11.1. The predicted molar refractivity (Wildman–Crippen MR) is 107 cm³/mol. The topological polar surface area (TPSA) is 84.3 Å². The van der Waals surface area contributed by atoms with E-state index < -0.39 is 9.84 Å². The maximum Gasteiger partial charge on any atom is 0.317 e. The molecule has 0 bridgehead atoms. The van der Waals surface area contributed by atoms with Crippen LogP contribution in [-0.4, -0.2) is 41.5 Å². The number of nitrogens with zero attached hydrogens (tertiary/aromatic N) is 3. The van der Waals surface area contributed by atoms with Gasteiger partial charge in [-0.3, -0.25) is 0 Å². The van der Waals surface area contributed by atoms with Crippen LogP contribution < -0.4 is 5.32 Å². The third-order valence-electron chi connectivity index (χ3n) is 4.60. The molecule has 150 valence electrons. The highest BCUT2D eigenvalue weighted by Crippen LogP contribution is 2.29. The first-order chi connectivity index (χ1) is 13.5. The van der Waals surface area contributed by atoms with E-state index in [1.54, 1.807) is 33.9 Å². The highest BCUT2D eigenvalue weighted by Gasteiger charge is 2.34. The Balaban J connectivity index is 1.88. The minimum absolute atomic E-state index is 0.0119. The average Bonchev–Trinajstić information content (AvgIpc) is 3.42. The zero-order chi connectivity index (χ0) is 20.1. The minimum Gasteiger partial charge on any atom is -0.338 e. The van der Waals surface area contributed by atoms with E-state index in [-0.39, 0.29) is 23.0 Å². The molecule has 1 aromatic carbocycles. The van der Waals surface area contributed by atoms with E-state index >= 15 is 0 Å². The van der Waals surface area contributed by atoms with E-state index in [0.717, 1.165) is 12.8 Å². The Morgan fingerprint density at radius 1 is 1.36 bits per heavy atom. The van der Waals surface area contributed by atoms with E-state index in [0.29, 0.717) is 30.9 Å². The van der Waals surface area contributed by atoms with Gasteiger partial charge < -0.3 is 14.8 Å². The van der Waals surface area contributed by atoms with Gasteiger partial charge in [0.15, 0.2) is 0 Å². The molecule has 2 aromatic rings. The molecule has 0 radical (unpaired) electrons. The third kappa shape index (κ3) is 4.62. The molecule has 0 unspecified atom stereocenters. The van der Waals surface area contributed by atoms with Crippen molar-refractivity contribution in [2.75, 3.05) is 6.54 Å². The summed E-state index contributed by atoms with van der Waals surface area (Å²) in [5.74, 6) is -0.121. The number of urea groups is 1. The zero-order valence-electron chi connectivity index (χ0n) is 16.0. The second kappa shape index (κ2) is 8.60. The molecule has 0 saturated heterocycles. The van der Waals surface area contributed by atoms with Gasteiger partial charge in [-0.05, 0) is 25.3 Å². The number of amides is 2. The van der Waals surface area contributed by atoms with Crippen molar-refractivity contribution >= 4 is 15.9 Å². The van der Waals surface area contributed by atoms with E-state index in [1.165, 1.54) is 0 Å². The lowest BCUT2D eigenvalue weighted by Crippen LogP contribution is -2.41. The van der Waals surface area contributed by atoms with E-state index in [1.807, 2.05) is 25.1 Å². The Labute approximate surface area is 166 Å². The second-order valence-corrected chi connectivity index (χ2v) is 8.75. The van der Waals surface area contributed by atoms with Crippen LogP contribution in [0.15, 0.2) is 54.3 Å². The molecule has 1 fully saturated rings. The molecule has 0 spiro atoms. The summed E-state index contributed by atoms with van der Waals surface area (Å²) < 4.78 is 27.6. The van der Waals surface area contributed by atoms with E-state index in [9.17, 15) is 13.2 Å². The maximum atomic E-state index is 13.0. The van der Waals surface area contributed by atoms with Gasteiger partial charge in [0, 0.05) is 19.1 Å². The minimum atomic E-state index is -3.63. The molecule has 28 heavy (non-hydrogen) atoms. The number of nitrogens with one attached hydrogen (secondary N) is 1. The fraction of sp³-hybridized carbons (Fsp3) is 0.400. The summed E-state index contributed by atoms with van der Waals surface area (Å²) in [7, 11) is -3.63. The van der Waals surface area contributed by atoms with Crippen molar-refractivity contribution in [2.45, 2.75) is 49.8 Å². The number of aromatic nitrogens is 2. The van der Waals surface area contributed by atoms with Crippen LogP contribution in [0.4, 0.5) is 4.79 Å². The summed E-state index contributed by atoms with van der Waals surface area (Å²) in [6.45, 7) is 6.79. The smallest absolute Gasteiger partial charge is 0.317 e. The van der Waals surface area contributed by atoms with Crippen molar-refractivity contribution in [2.24, 2.45) is 0 Å². The number of carbonyl (C=O) groups is 1. The van der Waals surface area contributed by atoms with Gasteiger partial charge in [-0.15, -0.1) is 6.58 Å². The van der Waals surface area contributed by atoms with Gasteiger partial charge in [0.25, 0.3) is 0 Å². The number of carbonyl (C=O) groups excluding carboxylic acids is 1. The Bertz CT molecular complexity index is 934. The molecule has 1 N–H and O–H groups in total. The highest BCUT2D eigenvalue weighted by molar-refractivity contribution is 7.90. The standard InChI is InChI=1S/C20H26N4O3S/c1-3-12-23-18(14-24(17-10-11-17)19(25)21-4-2)13-22-20(23)28(26,27)15-16-8-6-5-7-9-16/h3,5-9,13,17H,1,4,10-12,14-15H2,2H3,(H,21,25). The van der Waals surface area contributed by atoms with Crippen LogP contribution in [-0.2, 0) is 28.7 Å². The molecule has 3 rings (SSSR count). The molecular formula is C20H26N4O3S. The summed E-state index contributed by atoms with van der Waals surface area (Å²) in [5.41, 5.74) is 1.39. The zero-order valence-corrected chi connectivity index (χ0v) is 16.9. The Morgan fingerprint density at radius 2 is 2.07 bits per heavy atom. The van der Waals surface area contributed by atoms with Gasteiger partial charge in [-0.25, -0.2) is 18.2 Å². The Hall–Kier alpha value is -2.61. The molecule has 1 saturated carbocycles. The van der Waals surface area contributed by atoms with Crippen molar-refractivity contribution in [3.05, 3.63) is 60.4 Å². The Morgan fingerprint density at radius 3 is 2.68 bits per heavy atom. The normalized spacial score (nSPS) is 13.9. The molecule has 0 atom stereocenters.